The van der Waals surface area contributed by atoms with Crippen molar-refractivity contribution in [2.75, 3.05) is 16.2 Å². The number of hydrogen-bond acceptors (Lipinski definition) is 5. The minimum absolute atomic E-state index is 0.0115. The number of fused-ring (bicyclic) bond motifs is 1. The maximum Gasteiger partial charge on any atom is 0.307 e. The lowest BCUT2D eigenvalue weighted by molar-refractivity contribution is -0.114. The third-order valence-corrected chi connectivity index (χ3v) is 8.47. The van der Waals surface area contributed by atoms with Crippen LogP contribution < -0.4 is 14.5 Å². The molecule has 1 amide bonds. The highest BCUT2D eigenvalue weighted by Crippen LogP contribution is 2.33. The van der Waals surface area contributed by atoms with Crippen molar-refractivity contribution >= 4 is 72.1 Å². The van der Waals surface area contributed by atoms with Gasteiger partial charge in [0.25, 0.3) is 10.0 Å². The van der Waals surface area contributed by atoms with E-state index in [-0.39, 0.29) is 25.5 Å². The molecule has 0 aliphatic heterocycles. The third-order valence-electron chi connectivity index (χ3n) is 5.15. The summed E-state index contributed by atoms with van der Waals surface area (Å²) in [5.41, 5.74) is 2.15. The van der Waals surface area contributed by atoms with Crippen molar-refractivity contribution in [1.29, 1.82) is 0 Å². The molecular formula is C23H19Cl2N3O4S2. The van der Waals surface area contributed by atoms with Crippen LogP contribution in [0.25, 0.3) is 10.2 Å². The maximum absolute atomic E-state index is 13.5. The van der Waals surface area contributed by atoms with Gasteiger partial charge in [0.05, 0.1) is 25.8 Å². The summed E-state index contributed by atoms with van der Waals surface area (Å²) in [5, 5.41) is 3.10. The Balaban J connectivity index is 1.69. The Hall–Kier alpha value is -2.85. The zero-order valence-corrected chi connectivity index (χ0v) is 21.2. The minimum atomic E-state index is -4.15. The van der Waals surface area contributed by atoms with Gasteiger partial charge in [0.1, 0.15) is 6.54 Å². The van der Waals surface area contributed by atoms with Crippen LogP contribution in [0.5, 0.6) is 0 Å². The van der Waals surface area contributed by atoms with E-state index in [0.29, 0.717) is 10.4 Å². The number of anilines is 2. The molecule has 0 fully saturated rings. The molecule has 4 aromatic rings. The van der Waals surface area contributed by atoms with Gasteiger partial charge in [0.2, 0.25) is 5.91 Å². The first-order valence-electron chi connectivity index (χ1n) is 10.00. The maximum atomic E-state index is 13.5. The Morgan fingerprint density at radius 1 is 1.06 bits per heavy atom. The van der Waals surface area contributed by atoms with Gasteiger partial charge >= 0.3 is 4.87 Å². The smallest absolute Gasteiger partial charge is 0.307 e. The zero-order chi connectivity index (χ0) is 24.6. The molecule has 1 heterocycles. The number of nitrogens with one attached hydrogen (secondary N) is 1. The number of carbonyl (C=O) groups is 1. The van der Waals surface area contributed by atoms with E-state index in [9.17, 15) is 18.0 Å². The second kappa shape index (κ2) is 9.42. The van der Waals surface area contributed by atoms with Crippen molar-refractivity contribution < 1.29 is 13.2 Å². The molecule has 0 atom stereocenters. The lowest BCUT2D eigenvalue weighted by atomic mass is 10.2. The van der Waals surface area contributed by atoms with E-state index in [4.69, 9.17) is 23.2 Å². The predicted molar refractivity (Wildman–Crippen MR) is 138 cm³/mol. The summed E-state index contributed by atoms with van der Waals surface area (Å²) >= 11 is 13.5. The van der Waals surface area contributed by atoms with Crippen molar-refractivity contribution in [3.05, 3.63) is 85.9 Å². The SMILES string of the molecule is Cc1ccc(S(=O)(=O)N(CC(=O)Nc2ccc3c(c2)sc(=O)n3C)c2cc(Cl)ccc2Cl)cc1. The quantitative estimate of drug-likeness (QED) is 0.374. The molecule has 0 saturated heterocycles. The van der Waals surface area contributed by atoms with Gasteiger partial charge in [-0.05, 0) is 55.5 Å². The summed E-state index contributed by atoms with van der Waals surface area (Å²) in [6.45, 7) is 1.30. The zero-order valence-electron chi connectivity index (χ0n) is 18.1. The van der Waals surface area contributed by atoms with Gasteiger partial charge in [-0.3, -0.25) is 13.9 Å². The van der Waals surface area contributed by atoms with Gasteiger partial charge in [-0.1, -0.05) is 52.2 Å². The molecule has 1 aromatic heterocycles. The lowest BCUT2D eigenvalue weighted by Crippen LogP contribution is -2.38. The molecule has 4 rings (SSSR count). The van der Waals surface area contributed by atoms with E-state index >= 15 is 0 Å². The lowest BCUT2D eigenvalue weighted by Gasteiger charge is -2.25. The predicted octanol–water partition coefficient (Wildman–Crippen LogP) is 5.05. The Labute approximate surface area is 210 Å². The Morgan fingerprint density at radius 3 is 2.47 bits per heavy atom. The summed E-state index contributed by atoms with van der Waals surface area (Å²) in [5.74, 6) is -0.589. The van der Waals surface area contributed by atoms with Gasteiger partial charge in [0, 0.05) is 17.8 Å². The van der Waals surface area contributed by atoms with Crippen LogP contribution in [0.2, 0.25) is 10.0 Å². The molecule has 3 aromatic carbocycles. The second-order valence-electron chi connectivity index (χ2n) is 7.58. The monoisotopic (exact) mass is 535 g/mol. The molecule has 0 radical (unpaired) electrons. The fraction of sp³-hybridized carbons (Fsp3) is 0.130. The van der Waals surface area contributed by atoms with Gasteiger partial charge in [0.15, 0.2) is 0 Å². The number of benzene rings is 3. The van der Waals surface area contributed by atoms with Gasteiger partial charge < -0.3 is 9.88 Å². The Bertz CT molecular complexity index is 1560. The van der Waals surface area contributed by atoms with Crippen LogP contribution in [0.3, 0.4) is 0 Å². The molecule has 0 spiro atoms. The number of halogens is 2. The van der Waals surface area contributed by atoms with Crippen LogP contribution in [0.15, 0.2) is 70.4 Å². The first-order valence-corrected chi connectivity index (χ1v) is 13.0. The van der Waals surface area contributed by atoms with E-state index in [0.717, 1.165) is 26.7 Å². The van der Waals surface area contributed by atoms with Gasteiger partial charge in [-0.15, -0.1) is 0 Å². The number of amides is 1. The number of nitrogens with zero attached hydrogens (tertiary/aromatic N) is 2. The van der Waals surface area contributed by atoms with Crippen molar-refractivity contribution in [2.24, 2.45) is 7.05 Å². The summed E-state index contributed by atoms with van der Waals surface area (Å²) in [6.07, 6.45) is 0. The summed E-state index contributed by atoms with van der Waals surface area (Å²) in [4.78, 5) is 24.8. The fourth-order valence-corrected chi connectivity index (χ4v) is 6.14. The van der Waals surface area contributed by atoms with Crippen LogP contribution in [0, 0.1) is 6.92 Å². The molecule has 0 aliphatic rings. The normalized spacial score (nSPS) is 11.5. The standard InChI is InChI=1S/C23H19Cl2N3O4S2/c1-14-3-7-17(8-4-14)34(31,32)28(20-11-15(24)5-9-18(20)25)13-22(29)26-16-6-10-19-21(12-16)33-23(30)27(19)2/h3-12H,13H2,1-2H3,(H,26,29). The molecule has 7 nitrogen and oxygen atoms in total. The molecular weight excluding hydrogens is 517 g/mol. The van der Waals surface area contributed by atoms with E-state index in [1.807, 2.05) is 6.92 Å². The van der Waals surface area contributed by atoms with Crippen LogP contribution in [-0.4, -0.2) is 25.4 Å². The highest BCUT2D eigenvalue weighted by Gasteiger charge is 2.29. The van der Waals surface area contributed by atoms with Crippen molar-refractivity contribution in [3.63, 3.8) is 0 Å². The molecule has 176 valence electrons. The van der Waals surface area contributed by atoms with Crippen LogP contribution >= 0.6 is 34.5 Å². The number of thiazole rings is 1. The number of carbonyl (C=O) groups excluding carboxylic acids is 1. The molecule has 11 heteroatoms. The molecule has 1 N–H and O–H groups in total. The van der Waals surface area contributed by atoms with E-state index in [1.165, 1.54) is 34.9 Å². The largest absolute Gasteiger partial charge is 0.324 e. The number of sulfonamides is 1. The molecule has 34 heavy (non-hydrogen) atoms. The van der Waals surface area contributed by atoms with Crippen LogP contribution in [-0.2, 0) is 21.9 Å². The van der Waals surface area contributed by atoms with Crippen LogP contribution in [0.1, 0.15) is 5.56 Å². The highest BCUT2D eigenvalue weighted by atomic mass is 35.5. The third kappa shape index (κ3) is 4.83. The fourth-order valence-electron chi connectivity index (χ4n) is 3.36. The molecule has 0 unspecified atom stereocenters. The number of hydrogen-bond donors (Lipinski definition) is 1. The van der Waals surface area contributed by atoms with Gasteiger partial charge in [-0.25, -0.2) is 8.42 Å². The average molecular weight is 536 g/mol. The first kappa shape index (κ1) is 24.3. The summed E-state index contributed by atoms with van der Waals surface area (Å²) in [7, 11) is -2.48. The number of aromatic nitrogens is 1. The topological polar surface area (TPSA) is 88.5 Å². The van der Waals surface area contributed by atoms with Crippen LogP contribution in [0.4, 0.5) is 11.4 Å². The average Bonchev–Trinajstić information content (AvgIpc) is 3.07. The van der Waals surface area contributed by atoms with Crippen molar-refractivity contribution in [1.82, 2.24) is 4.57 Å². The molecule has 0 bridgehead atoms. The number of rotatable bonds is 6. The Kier molecular flexibility index (Phi) is 6.73. The Morgan fingerprint density at radius 2 is 1.76 bits per heavy atom. The van der Waals surface area contributed by atoms with Crippen molar-refractivity contribution in [2.45, 2.75) is 11.8 Å². The molecule has 0 saturated carbocycles. The highest BCUT2D eigenvalue weighted by molar-refractivity contribution is 7.92. The van der Waals surface area contributed by atoms with Crippen molar-refractivity contribution in [3.8, 4) is 0 Å². The van der Waals surface area contributed by atoms with E-state index in [2.05, 4.69) is 5.32 Å². The second-order valence-corrected chi connectivity index (χ2v) is 11.3. The van der Waals surface area contributed by atoms with E-state index in [1.54, 1.807) is 37.4 Å². The first-order chi connectivity index (χ1) is 16.1. The van der Waals surface area contributed by atoms with E-state index < -0.39 is 22.5 Å². The minimum Gasteiger partial charge on any atom is -0.324 e. The summed E-state index contributed by atoms with van der Waals surface area (Å²) in [6, 6.07) is 15.7. The van der Waals surface area contributed by atoms with Gasteiger partial charge in [-0.2, -0.15) is 0 Å². The number of aryl methyl sites for hydroxylation is 2. The molecule has 0 aliphatic carbocycles. The summed E-state index contributed by atoms with van der Waals surface area (Å²) < 4.78 is 30.2.